The summed E-state index contributed by atoms with van der Waals surface area (Å²) in [6.45, 7) is 1.43. The van der Waals surface area contributed by atoms with Crippen molar-refractivity contribution in [3.63, 3.8) is 0 Å². The topological polar surface area (TPSA) is 115 Å². The van der Waals surface area contributed by atoms with Gasteiger partial charge in [0.1, 0.15) is 11.8 Å². The van der Waals surface area contributed by atoms with Crippen LogP contribution in [0.2, 0.25) is 5.02 Å². The first-order valence-corrected chi connectivity index (χ1v) is 11.8. The molecule has 1 heterocycles. The summed E-state index contributed by atoms with van der Waals surface area (Å²) >= 11 is 6.18. The Morgan fingerprint density at radius 2 is 1.81 bits per heavy atom. The number of rotatable bonds is 9. The Morgan fingerprint density at radius 1 is 1.11 bits per heavy atom. The average molecular weight is 509 g/mol. The number of carbonyl (C=O) groups is 3. The minimum Gasteiger partial charge on any atom is -0.495 e. The van der Waals surface area contributed by atoms with Crippen LogP contribution in [-0.2, 0) is 4.79 Å². The molecule has 1 aliphatic carbocycles. The maximum absolute atomic E-state index is 13.3. The largest absolute Gasteiger partial charge is 0.495 e. The number of pyridine rings is 1. The molecule has 4 rings (SSSR count). The van der Waals surface area contributed by atoms with Crippen LogP contribution in [0.1, 0.15) is 52.9 Å². The summed E-state index contributed by atoms with van der Waals surface area (Å²) in [7, 11) is 1.45. The van der Waals surface area contributed by atoms with Crippen LogP contribution in [-0.4, -0.2) is 34.4 Å². The van der Waals surface area contributed by atoms with E-state index in [0.717, 1.165) is 12.8 Å². The second-order valence-corrected chi connectivity index (χ2v) is 9.25. The van der Waals surface area contributed by atoms with E-state index >= 15 is 0 Å². The molecule has 3 aromatic rings. The summed E-state index contributed by atoms with van der Waals surface area (Å²) in [5.74, 6) is -1.00. The van der Waals surface area contributed by atoms with Gasteiger partial charge in [-0.2, -0.15) is 0 Å². The van der Waals surface area contributed by atoms with Crippen LogP contribution in [0.3, 0.4) is 0 Å². The number of Topliss-reactive ketones (excluding diaryl/α,β-unsaturated/α-hetero) is 1. The number of nitrogens with zero attached hydrogens (tertiary/aromatic N) is 1. The number of carboxylic acids is 1. The third kappa shape index (κ3) is 5.49. The Morgan fingerprint density at radius 3 is 2.39 bits per heavy atom. The number of halogens is 1. The van der Waals surface area contributed by atoms with Crippen molar-refractivity contribution < 1.29 is 24.2 Å². The lowest BCUT2D eigenvalue weighted by Gasteiger charge is -2.21. The van der Waals surface area contributed by atoms with E-state index < -0.39 is 23.5 Å². The first kappa shape index (κ1) is 25.2. The van der Waals surface area contributed by atoms with Crippen molar-refractivity contribution in [2.24, 2.45) is 5.92 Å². The van der Waals surface area contributed by atoms with Crippen molar-refractivity contribution in [1.29, 1.82) is 0 Å². The van der Waals surface area contributed by atoms with Gasteiger partial charge in [0.05, 0.1) is 18.9 Å². The number of amides is 1. The van der Waals surface area contributed by atoms with Gasteiger partial charge in [-0.05, 0) is 67.3 Å². The van der Waals surface area contributed by atoms with Gasteiger partial charge >= 0.3 is 5.97 Å². The second kappa shape index (κ2) is 10.4. The summed E-state index contributed by atoms with van der Waals surface area (Å²) in [6.07, 6.45) is 3.91. The number of ketones is 1. The van der Waals surface area contributed by atoms with Crippen molar-refractivity contribution in [2.75, 3.05) is 12.4 Å². The van der Waals surface area contributed by atoms with E-state index in [1.807, 2.05) is 0 Å². The number of carbonyl (C=O) groups excluding carboxylic acids is 2. The molecular formula is C27H25ClN2O6. The van der Waals surface area contributed by atoms with Gasteiger partial charge in [0.15, 0.2) is 5.78 Å². The van der Waals surface area contributed by atoms with Crippen LogP contribution in [0.15, 0.2) is 59.5 Å². The average Bonchev–Trinajstić information content (AvgIpc) is 3.67. The van der Waals surface area contributed by atoms with E-state index in [4.69, 9.17) is 21.4 Å². The highest BCUT2D eigenvalue weighted by atomic mass is 35.5. The smallest absolute Gasteiger partial charge is 0.335 e. The monoisotopic (exact) mass is 508 g/mol. The standard InChI is InChI=1S/C27H25ClN2O6/c1-15(31)20-10-7-18(28)12-21(20)22-13-25(32)30(14-24(22)36-2)23(11-16-3-4-16)26(33)29-19-8-5-17(6-9-19)27(34)35/h5-10,12-14,16,23H,3-4,11H2,1-2H3,(H,29,33)(H,34,35). The van der Waals surface area contributed by atoms with Crippen LogP contribution in [0, 0.1) is 5.92 Å². The van der Waals surface area contributed by atoms with Crippen LogP contribution in [0.25, 0.3) is 11.1 Å². The van der Waals surface area contributed by atoms with E-state index in [1.165, 1.54) is 55.1 Å². The maximum Gasteiger partial charge on any atom is 0.335 e. The molecule has 1 fully saturated rings. The van der Waals surface area contributed by atoms with E-state index in [0.29, 0.717) is 45.5 Å². The molecule has 8 nitrogen and oxygen atoms in total. The predicted molar refractivity (Wildman–Crippen MR) is 136 cm³/mol. The molecule has 1 unspecified atom stereocenters. The molecule has 0 bridgehead atoms. The highest BCUT2D eigenvalue weighted by Crippen LogP contribution is 2.38. The number of hydrogen-bond donors (Lipinski definition) is 2. The van der Waals surface area contributed by atoms with Crippen LogP contribution < -0.4 is 15.6 Å². The van der Waals surface area contributed by atoms with Gasteiger partial charge in [-0.25, -0.2) is 4.79 Å². The molecule has 1 aromatic heterocycles. The maximum atomic E-state index is 13.3. The van der Waals surface area contributed by atoms with E-state index in [9.17, 15) is 19.2 Å². The van der Waals surface area contributed by atoms with Gasteiger partial charge in [-0.1, -0.05) is 24.4 Å². The summed E-state index contributed by atoms with van der Waals surface area (Å²) in [4.78, 5) is 49.9. The summed E-state index contributed by atoms with van der Waals surface area (Å²) < 4.78 is 6.92. The van der Waals surface area contributed by atoms with Crippen molar-refractivity contribution in [3.8, 4) is 16.9 Å². The van der Waals surface area contributed by atoms with E-state index in [2.05, 4.69) is 5.32 Å². The fourth-order valence-corrected chi connectivity index (χ4v) is 4.30. The lowest BCUT2D eigenvalue weighted by Crippen LogP contribution is -2.33. The number of benzene rings is 2. The minimum atomic E-state index is -1.06. The van der Waals surface area contributed by atoms with Gasteiger partial charge in [0.2, 0.25) is 5.91 Å². The second-order valence-electron chi connectivity index (χ2n) is 8.81. The highest BCUT2D eigenvalue weighted by molar-refractivity contribution is 6.31. The molecule has 1 atom stereocenters. The highest BCUT2D eigenvalue weighted by Gasteiger charge is 2.32. The number of aromatic nitrogens is 1. The molecule has 36 heavy (non-hydrogen) atoms. The summed E-state index contributed by atoms with van der Waals surface area (Å²) in [5, 5.41) is 12.3. The molecule has 9 heteroatoms. The van der Waals surface area contributed by atoms with E-state index in [-0.39, 0.29) is 11.3 Å². The first-order valence-electron chi connectivity index (χ1n) is 11.4. The molecule has 2 N–H and O–H groups in total. The van der Waals surface area contributed by atoms with Crippen molar-refractivity contribution in [2.45, 2.75) is 32.2 Å². The number of aromatic carboxylic acids is 1. The lowest BCUT2D eigenvalue weighted by atomic mass is 9.97. The van der Waals surface area contributed by atoms with Gasteiger partial charge in [-0.3, -0.25) is 19.0 Å². The minimum absolute atomic E-state index is 0.102. The fourth-order valence-electron chi connectivity index (χ4n) is 4.13. The molecule has 0 aliphatic heterocycles. The number of hydrogen-bond acceptors (Lipinski definition) is 5. The number of anilines is 1. The molecule has 186 valence electrons. The van der Waals surface area contributed by atoms with Crippen molar-refractivity contribution >= 4 is 34.9 Å². The number of methoxy groups -OCH3 is 1. The zero-order valence-electron chi connectivity index (χ0n) is 19.8. The lowest BCUT2D eigenvalue weighted by molar-refractivity contribution is -0.119. The Hall–Kier alpha value is -3.91. The Labute approximate surface area is 212 Å². The van der Waals surface area contributed by atoms with Gasteiger partial charge in [-0.15, -0.1) is 0 Å². The number of carboxylic acid groups (broad SMARTS) is 1. The normalized spacial score (nSPS) is 13.6. The Kier molecular flexibility index (Phi) is 7.26. The number of ether oxygens (including phenoxy) is 1. The molecular weight excluding hydrogens is 484 g/mol. The van der Waals surface area contributed by atoms with E-state index in [1.54, 1.807) is 18.2 Å². The molecule has 1 aliphatic rings. The Bertz CT molecular complexity index is 1390. The van der Waals surface area contributed by atoms with Gasteiger partial charge < -0.3 is 15.2 Å². The van der Waals surface area contributed by atoms with Gasteiger partial charge in [0.25, 0.3) is 5.56 Å². The van der Waals surface area contributed by atoms with Crippen LogP contribution >= 0.6 is 11.6 Å². The zero-order valence-corrected chi connectivity index (χ0v) is 20.5. The Balaban J connectivity index is 1.72. The molecule has 0 radical (unpaired) electrons. The molecule has 1 amide bonds. The van der Waals surface area contributed by atoms with Gasteiger partial charge in [0, 0.05) is 27.9 Å². The van der Waals surface area contributed by atoms with Crippen molar-refractivity contribution in [3.05, 3.63) is 81.2 Å². The summed E-state index contributed by atoms with van der Waals surface area (Å²) in [6, 6.07) is 11.2. The predicted octanol–water partition coefficient (Wildman–Crippen LogP) is 5.06. The molecule has 1 saturated carbocycles. The van der Waals surface area contributed by atoms with Crippen LogP contribution in [0.4, 0.5) is 5.69 Å². The zero-order chi connectivity index (χ0) is 26.0. The first-order chi connectivity index (χ1) is 17.2. The third-order valence-electron chi connectivity index (χ3n) is 6.21. The fraction of sp³-hybridized carbons (Fsp3) is 0.259. The van der Waals surface area contributed by atoms with Crippen molar-refractivity contribution in [1.82, 2.24) is 4.57 Å². The third-order valence-corrected chi connectivity index (χ3v) is 6.44. The molecule has 0 saturated heterocycles. The summed E-state index contributed by atoms with van der Waals surface area (Å²) in [5.41, 5.74) is 1.37. The number of nitrogens with one attached hydrogen (secondary N) is 1. The molecule has 0 spiro atoms. The van der Waals surface area contributed by atoms with Crippen LogP contribution in [0.5, 0.6) is 5.75 Å². The molecule has 2 aromatic carbocycles. The SMILES string of the molecule is COc1cn(C(CC2CC2)C(=O)Nc2ccc(C(=O)O)cc2)c(=O)cc1-c1cc(Cl)ccc1C(C)=O. The quantitative estimate of drug-likeness (QED) is 0.390.